The van der Waals surface area contributed by atoms with Crippen molar-refractivity contribution in [2.45, 2.75) is 31.5 Å². The van der Waals surface area contributed by atoms with Gasteiger partial charge in [-0.3, -0.25) is 0 Å². The summed E-state index contributed by atoms with van der Waals surface area (Å²) in [6, 6.07) is 10.6. The highest BCUT2D eigenvalue weighted by molar-refractivity contribution is 6.95. The van der Waals surface area contributed by atoms with Crippen LogP contribution in [0.25, 0.3) is 0 Å². The van der Waals surface area contributed by atoms with Crippen molar-refractivity contribution >= 4 is 19.5 Å². The molecule has 0 amide bonds. The molecule has 0 aliphatic heterocycles. The number of benzene rings is 1. The van der Waals surface area contributed by atoms with E-state index in [2.05, 4.69) is 44.3 Å². The van der Waals surface area contributed by atoms with Crippen LogP contribution < -0.4 is 5.19 Å². The molecule has 0 saturated heterocycles. The van der Waals surface area contributed by atoms with Crippen molar-refractivity contribution in [3.8, 4) is 0 Å². The van der Waals surface area contributed by atoms with Crippen LogP contribution in [0.1, 0.15) is 13.3 Å². The molecule has 2 atom stereocenters. The van der Waals surface area contributed by atoms with Gasteiger partial charge in [0.1, 0.15) is 6.29 Å². The highest BCUT2D eigenvalue weighted by Crippen LogP contribution is 2.63. The summed E-state index contributed by atoms with van der Waals surface area (Å²) in [7, 11) is -1.63. The van der Waals surface area contributed by atoms with E-state index in [4.69, 9.17) is 0 Å². The molecule has 1 aliphatic rings. The van der Waals surface area contributed by atoms with Gasteiger partial charge in [0, 0.05) is 5.04 Å². The summed E-state index contributed by atoms with van der Waals surface area (Å²) >= 11 is 0. The first kappa shape index (κ1) is 10.6. The molecule has 1 fully saturated rings. The Morgan fingerprint density at radius 1 is 1.33 bits per heavy atom. The molecule has 1 saturated carbocycles. The Morgan fingerprint density at radius 2 is 1.87 bits per heavy atom. The smallest absolute Gasteiger partial charge is 0.124 e. The topological polar surface area (TPSA) is 17.1 Å². The van der Waals surface area contributed by atoms with E-state index in [0.29, 0.717) is 5.92 Å². The number of hydrogen-bond donors (Lipinski definition) is 0. The van der Waals surface area contributed by atoms with Crippen molar-refractivity contribution in [3.63, 3.8) is 0 Å². The van der Waals surface area contributed by atoms with Gasteiger partial charge < -0.3 is 4.79 Å². The zero-order valence-corrected chi connectivity index (χ0v) is 10.7. The number of hydrogen-bond acceptors (Lipinski definition) is 1. The molecule has 1 aromatic carbocycles. The summed E-state index contributed by atoms with van der Waals surface area (Å²) < 4.78 is 0. The Labute approximate surface area is 92.5 Å². The average molecular weight is 218 g/mol. The van der Waals surface area contributed by atoms with E-state index in [-0.39, 0.29) is 5.04 Å². The second-order valence-electron chi connectivity index (χ2n) is 5.25. The molecule has 2 rings (SSSR count). The van der Waals surface area contributed by atoms with Crippen LogP contribution in [0.5, 0.6) is 0 Å². The minimum atomic E-state index is -1.63. The van der Waals surface area contributed by atoms with Crippen LogP contribution in [0, 0.1) is 5.92 Å². The van der Waals surface area contributed by atoms with Crippen molar-refractivity contribution in [1.82, 2.24) is 0 Å². The van der Waals surface area contributed by atoms with E-state index < -0.39 is 8.07 Å². The number of carbonyl (C=O) groups excluding carboxylic acids is 1. The lowest BCUT2D eigenvalue weighted by Gasteiger charge is -2.30. The monoisotopic (exact) mass is 218 g/mol. The molecule has 80 valence electrons. The van der Waals surface area contributed by atoms with E-state index in [1.54, 1.807) is 0 Å². The van der Waals surface area contributed by atoms with Crippen molar-refractivity contribution in [3.05, 3.63) is 30.3 Å². The zero-order chi connectivity index (χ0) is 11.1. The Morgan fingerprint density at radius 3 is 2.27 bits per heavy atom. The molecule has 0 N–H and O–H groups in total. The summed E-state index contributed by atoms with van der Waals surface area (Å²) in [6.45, 7) is 6.84. The van der Waals surface area contributed by atoms with Crippen LogP contribution in [0.4, 0.5) is 0 Å². The highest BCUT2D eigenvalue weighted by atomic mass is 28.3. The molecular weight excluding hydrogens is 200 g/mol. The van der Waals surface area contributed by atoms with Gasteiger partial charge in [-0.2, -0.15) is 0 Å². The van der Waals surface area contributed by atoms with Crippen LogP contribution in [-0.2, 0) is 4.79 Å². The average Bonchev–Trinajstić information content (AvgIpc) is 2.93. The van der Waals surface area contributed by atoms with Gasteiger partial charge in [-0.25, -0.2) is 0 Å². The summed E-state index contributed by atoms with van der Waals surface area (Å²) in [5, 5.41) is 1.41. The van der Waals surface area contributed by atoms with E-state index in [1.165, 1.54) is 11.5 Å². The largest absolute Gasteiger partial charge is 0.303 e. The Hall–Kier alpha value is -0.893. The van der Waals surface area contributed by atoms with Gasteiger partial charge in [0.25, 0.3) is 0 Å². The van der Waals surface area contributed by atoms with E-state index in [1.807, 2.05) is 6.07 Å². The number of aldehydes is 1. The zero-order valence-electron chi connectivity index (χ0n) is 9.66. The third-order valence-electron chi connectivity index (χ3n) is 4.23. The first-order valence-electron chi connectivity index (χ1n) is 5.56. The Kier molecular flexibility index (Phi) is 2.34. The predicted molar refractivity (Wildman–Crippen MR) is 66.1 cm³/mol. The molecule has 2 heteroatoms. The summed E-state index contributed by atoms with van der Waals surface area (Å²) in [5.41, 5.74) is 0. The molecule has 0 heterocycles. The molecule has 0 spiro atoms. The fourth-order valence-electron chi connectivity index (χ4n) is 2.75. The lowest BCUT2D eigenvalue weighted by molar-refractivity contribution is -0.108. The van der Waals surface area contributed by atoms with Crippen LogP contribution in [0.2, 0.25) is 18.1 Å². The van der Waals surface area contributed by atoms with Crippen molar-refractivity contribution < 1.29 is 4.79 Å². The minimum Gasteiger partial charge on any atom is -0.303 e. The van der Waals surface area contributed by atoms with Gasteiger partial charge in [-0.05, 0) is 12.3 Å². The lowest BCUT2D eigenvalue weighted by atomic mass is 10.3. The quantitative estimate of drug-likeness (QED) is 0.563. The maximum Gasteiger partial charge on any atom is 0.124 e. The van der Waals surface area contributed by atoms with E-state index >= 15 is 0 Å². The first-order valence-corrected chi connectivity index (χ1v) is 8.56. The SMILES string of the molecule is CC1CC1(C=O)[Si](C)(C)c1ccccc1. The van der Waals surface area contributed by atoms with Crippen molar-refractivity contribution in [2.24, 2.45) is 5.92 Å². The maximum atomic E-state index is 11.4. The van der Waals surface area contributed by atoms with Crippen LogP contribution in [-0.4, -0.2) is 14.4 Å². The Bertz CT molecular complexity index is 371. The normalized spacial score (nSPS) is 29.9. The second kappa shape index (κ2) is 3.31. The molecule has 0 radical (unpaired) electrons. The van der Waals surface area contributed by atoms with Gasteiger partial charge >= 0.3 is 0 Å². The molecule has 1 aromatic rings. The molecule has 1 aliphatic carbocycles. The fourth-order valence-corrected chi connectivity index (χ4v) is 6.66. The van der Waals surface area contributed by atoms with Gasteiger partial charge in [-0.15, -0.1) is 0 Å². The lowest BCUT2D eigenvalue weighted by Crippen LogP contribution is -2.48. The van der Waals surface area contributed by atoms with Crippen LogP contribution in [0.3, 0.4) is 0 Å². The maximum absolute atomic E-state index is 11.4. The molecule has 1 nitrogen and oxygen atoms in total. The second-order valence-corrected chi connectivity index (χ2v) is 10.0. The van der Waals surface area contributed by atoms with Gasteiger partial charge in [-0.1, -0.05) is 55.5 Å². The molecule has 2 unspecified atom stereocenters. The molecule has 0 aromatic heterocycles. The number of carbonyl (C=O) groups is 1. The van der Waals surface area contributed by atoms with Gasteiger partial charge in [0.2, 0.25) is 0 Å². The molecule has 15 heavy (non-hydrogen) atoms. The van der Waals surface area contributed by atoms with Crippen molar-refractivity contribution in [1.29, 1.82) is 0 Å². The Balaban J connectivity index is 2.40. The summed E-state index contributed by atoms with van der Waals surface area (Å²) in [5.74, 6) is 0.580. The molecular formula is C13H18OSi. The van der Waals surface area contributed by atoms with Crippen LogP contribution >= 0.6 is 0 Å². The highest BCUT2D eigenvalue weighted by Gasteiger charge is 2.62. The summed E-state index contributed by atoms with van der Waals surface area (Å²) in [4.78, 5) is 11.4. The third-order valence-corrected chi connectivity index (χ3v) is 9.15. The summed E-state index contributed by atoms with van der Waals surface area (Å²) in [6.07, 6.45) is 2.32. The van der Waals surface area contributed by atoms with Crippen molar-refractivity contribution in [2.75, 3.05) is 0 Å². The number of rotatable bonds is 3. The fraction of sp³-hybridized carbons (Fsp3) is 0.462. The molecule has 0 bridgehead atoms. The first-order chi connectivity index (χ1) is 7.04. The van der Waals surface area contributed by atoms with E-state index in [9.17, 15) is 4.79 Å². The minimum absolute atomic E-state index is 0.00829. The van der Waals surface area contributed by atoms with Gasteiger partial charge in [0.05, 0.1) is 8.07 Å². The predicted octanol–water partition coefficient (Wildman–Crippen LogP) is 2.58. The van der Waals surface area contributed by atoms with E-state index in [0.717, 1.165) is 6.42 Å². The third kappa shape index (κ3) is 1.39. The van der Waals surface area contributed by atoms with Crippen LogP contribution in [0.15, 0.2) is 30.3 Å². The standard InChI is InChI=1S/C13H18OSi/c1-11-9-13(11,10-14)15(2,3)12-7-5-4-6-8-12/h4-8,10-11H,9H2,1-3H3. The van der Waals surface area contributed by atoms with Gasteiger partial charge in [0.15, 0.2) is 0 Å².